The average Bonchev–Trinajstić information content (AvgIpc) is 2.32. The first-order valence-corrected chi connectivity index (χ1v) is 6.20. The number of nitrogens with zero attached hydrogens (tertiary/aromatic N) is 1. The van der Waals surface area contributed by atoms with Crippen LogP contribution in [0.5, 0.6) is 0 Å². The predicted octanol–water partition coefficient (Wildman–Crippen LogP) is 2.02. The van der Waals surface area contributed by atoms with Crippen LogP contribution in [0.3, 0.4) is 0 Å². The van der Waals surface area contributed by atoms with Crippen molar-refractivity contribution >= 4 is 40.5 Å². The molecule has 2 N–H and O–H groups in total. The molecular weight excluding hydrogens is 270 g/mol. The number of hydrogen-bond acceptors (Lipinski definition) is 2. The highest BCUT2D eigenvalue weighted by Crippen LogP contribution is 2.22. The van der Waals surface area contributed by atoms with Crippen LogP contribution in [-0.4, -0.2) is 36.6 Å². The van der Waals surface area contributed by atoms with E-state index in [0.29, 0.717) is 10.1 Å². The molecule has 1 rings (SSSR count). The van der Waals surface area contributed by atoms with Gasteiger partial charge in [0.2, 0.25) is 5.91 Å². The number of nitrogens with one attached hydrogen (secondary N) is 2. The van der Waals surface area contributed by atoms with Gasteiger partial charge in [0, 0.05) is 24.8 Å². The molecule has 0 unspecified atom stereocenters. The Morgan fingerprint density at radius 3 is 2.72 bits per heavy atom. The van der Waals surface area contributed by atoms with Crippen molar-refractivity contribution in [3.8, 4) is 0 Å². The Labute approximate surface area is 117 Å². The molecule has 98 valence electrons. The van der Waals surface area contributed by atoms with E-state index < -0.39 is 0 Å². The molecule has 1 aromatic carbocycles. The van der Waals surface area contributed by atoms with Crippen LogP contribution in [-0.2, 0) is 4.79 Å². The van der Waals surface area contributed by atoms with Crippen LogP contribution in [0.15, 0.2) is 18.2 Å². The number of halogens is 1. The number of likely N-dealkylation sites (N-methyl/N-ethyl adjacent to an activating group) is 1. The Morgan fingerprint density at radius 1 is 1.44 bits per heavy atom. The fourth-order valence-corrected chi connectivity index (χ4v) is 1.58. The van der Waals surface area contributed by atoms with Crippen molar-refractivity contribution in [3.63, 3.8) is 0 Å². The van der Waals surface area contributed by atoms with E-state index in [-0.39, 0.29) is 12.5 Å². The Morgan fingerprint density at radius 2 is 2.11 bits per heavy atom. The molecule has 0 radical (unpaired) electrons. The molecule has 0 saturated carbocycles. The molecular formula is C12H16ClN3OS. The summed E-state index contributed by atoms with van der Waals surface area (Å²) >= 11 is 11.1. The van der Waals surface area contributed by atoms with E-state index in [0.717, 1.165) is 11.3 Å². The molecule has 0 aliphatic heterocycles. The van der Waals surface area contributed by atoms with Crippen LogP contribution in [0.4, 0.5) is 5.69 Å². The molecule has 0 atom stereocenters. The minimum atomic E-state index is -0.0398. The molecule has 0 heterocycles. The lowest BCUT2D eigenvalue weighted by atomic mass is 10.2. The molecule has 0 bridgehead atoms. The maximum Gasteiger partial charge on any atom is 0.241 e. The van der Waals surface area contributed by atoms with Crippen molar-refractivity contribution in [2.45, 2.75) is 6.92 Å². The minimum absolute atomic E-state index is 0.0398. The molecule has 1 aromatic rings. The van der Waals surface area contributed by atoms with Crippen molar-refractivity contribution in [1.82, 2.24) is 10.2 Å². The van der Waals surface area contributed by atoms with Crippen LogP contribution in [0.2, 0.25) is 5.02 Å². The summed E-state index contributed by atoms with van der Waals surface area (Å²) in [4.78, 5) is 12.9. The quantitative estimate of drug-likeness (QED) is 0.834. The van der Waals surface area contributed by atoms with E-state index in [2.05, 4.69) is 10.6 Å². The van der Waals surface area contributed by atoms with Gasteiger partial charge in [-0.25, -0.2) is 0 Å². The molecule has 4 nitrogen and oxygen atoms in total. The Kier molecular flexibility index (Phi) is 5.37. The summed E-state index contributed by atoms with van der Waals surface area (Å²) in [5.41, 5.74) is 1.75. The monoisotopic (exact) mass is 285 g/mol. The first kappa shape index (κ1) is 14.7. The Bertz CT molecular complexity index is 463. The van der Waals surface area contributed by atoms with E-state index in [1.54, 1.807) is 14.1 Å². The number of thiocarbonyl (C=S) groups is 1. The maximum absolute atomic E-state index is 11.4. The Balaban J connectivity index is 2.55. The summed E-state index contributed by atoms with van der Waals surface area (Å²) in [5, 5.41) is 6.93. The third kappa shape index (κ3) is 4.16. The second-order valence-corrected chi connectivity index (χ2v) is 4.82. The molecule has 18 heavy (non-hydrogen) atoms. The van der Waals surface area contributed by atoms with Crippen LogP contribution in [0.1, 0.15) is 5.56 Å². The summed E-state index contributed by atoms with van der Waals surface area (Å²) in [6.07, 6.45) is 0. The van der Waals surface area contributed by atoms with Gasteiger partial charge < -0.3 is 15.5 Å². The second kappa shape index (κ2) is 6.56. The van der Waals surface area contributed by atoms with Crippen LogP contribution >= 0.6 is 23.8 Å². The van der Waals surface area contributed by atoms with Crippen LogP contribution in [0, 0.1) is 6.92 Å². The van der Waals surface area contributed by atoms with Gasteiger partial charge in [0.15, 0.2) is 5.11 Å². The molecule has 0 aliphatic carbocycles. The van der Waals surface area contributed by atoms with E-state index in [4.69, 9.17) is 23.8 Å². The largest absolute Gasteiger partial charge is 0.353 e. The van der Waals surface area contributed by atoms with Crippen molar-refractivity contribution < 1.29 is 4.79 Å². The van der Waals surface area contributed by atoms with Gasteiger partial charge in [0.1, 0.15) is 0 Å². The summed E-state index contributed by atoms with van der Waals surface area (Å²) < 4.78 is 0. The fourth-order valence-electron chi connectivity index (χ4n) is 1.22. The molecule has 6 heteroatoms. The van der Waals surface area contributed by atoms with E-state index >= 15 is 0 Å². The van der Waals surface area contributed by atoms with E-state index in [1.165, 1.54) is 4.90 Å². The summed E-state index contributed by atoms with van der Waals surface area (Å²) in [6, 6.07) is 5.53. The zero-order valence-electron chi connectivity index (χ0n) is 10.6. The number of rotatable bonds is 3. The lowest BCUT2D eigenvalue weighted by Gasteiger charge is -2.14. The third-order valence-corrected chi connectivity index (χ3v) is 3.07. The molecule has 0 fully saturated rings. The number of carbonyl (C=O) groups excluding carboxylic acids is 1. The van der Waals surface area contributed by atoms with Crippen molar-refractivity contribution in [2.24, 2.45) is 0 Å². The zero-order valence-corrected chi connectivity index (χ0v) is 12.2. The topological polar surface area (TPSA) is 44.4 Å². The van der Waals surface area contributed by atoms with Gasteiger partial charge in [0.25, 0.3) is 0 Å². The molecule has 0 aliphatic rings. The molecule has 0 spiro atoms. The number of carbonyl (C=O) groups is 1. The summed E-state index contributed by atoms with van der Waals surface area (Å²) in [5.74, 6) is -0.0398. The van der Waals surface area contributed by atoms with Gasteiger partial charge in [-0.1, -0.05) is 17.7 Å². The first-order valence-electron chi connectivity index (χ1n) is 5.42. The van der Waals surface area contributed by atoms with Gasteiger partial charge in [0.05, 0.1) is 6.54 Å². The number of benzene rings is 1. The first-order chi connectivity index (χ1) is 8.41. The van der Waals surface area contributed by atoms with Gasteiger partial charge in [-0.2, -0.15) is 0 Å². The predicted molar refractivity (Wildman–Crippen MR) is 79.1 cm³/mol. The van der Waals surface area contributed by atoms with E-state index in [9.17, 15) is 4.79 Å². The smallest absolute Gasteiger partial charge is 0.241 e. The van der Waals surface area contributed by atoms with Gasteiger partial charge >= 0.3 is 0 Å². The number of hydrogen-bond donors (Lipinski definition) is 2. The number of amides is 1. The summed E-state index contributed by atoms with van der Waals surface area (Å²) in [6.45, 7) is 2.07. The standard InChI is InChI=1S/C12H16ClN3OS/c1-8-9(13)5-4-6-10(8)15-12(18)14-7-11(17)16(2)3/h4-6H,7H2,1-3H3,(H2,14,15,18). The van der Waals surface area contributed by atoms with Crippen molar-refractivity contribution in [2.75, 3.05) is 26.0 Å². The van der Waals surface area contributed by atoms with Crippen LogP contribution < -0.4 is 10.6 Å². The highest BCUT2D eigenvalue weighted by atomic mass is 35.5. The van der Waals surface area contributed by atoms with Crippen LogP contribution in [0.25, 0.3) is 0 Å². The highest BCUT2D eigenvalue weighted by Gasteiger charge is 2.06. The van der Waals surface area contributed by atoms with E-state index in [1.807, 2.05) is 25.1 Å². The zero-order chi connectivity index (χ0) is 13.7. The second-order valence-electron chi connectivity index (χ2n) is 4.01. The number of anilines is 1. The minimum Gasteiger partial charge on any atom is -0.353 e. The fraction of sp³-hybridized carbons (Fsp3) is 0.333. The van der Waals surface area contributed by atoms with Gasteiger partial charge in [-0.15, -0.1) is 0 Å². The van der Waals surface area contributed by atoms with Gasteiger partial charge in [-0.05, 0) is 36.8 Å². The average molecular weight is 286 g/mol. The molecule has 0 aromatic heterocycles. The third-order valence-electron chi connectivity index (χ3n) is 2.41. The van der Waals surface area contributed by atoms with Crippen molar-refractivity contribution in [3.05, 3.63) is 28.8 Å². The molecule has 0 saturated heterocycles. The van der Waals surface area contributed by atoms with Crippen molar-refractivity contribution in [1.29, 1.82) is 0 Å². The normalized spacial score (nSPS) is 9.78. The SMILES string of the molecule is Cc1c(Cl)cccc1NC(=S)NCC(=O)N(C)C. The Hall–Kier alpha value is -1.33. The lowest BCUT2D eigenvalue weighted by Crippen LogP contribution is -2.38. The lowest BCUT2D eigenvalue weighted by molar-refractivity contribution is -0.127. The van der Waals surface area contributed by atoms with Gasteiger partial charge in [-0.3, -0.25) is 4.79 Å². The maximum atomic E-state index is 11.4. The molecule has 1 amide bonds. The summed E-state index contributed by atoms with van der Waals surface area (Å²) in [7, 11) is 3.39. The highest BCUT2D eigenvalue weighted by molar-refractivity contribution is 7.80.